The Labute approximate surface area is 252 Å². The molecular weight excluding hydrogens is 590 g/mol. The van der Waals surface area contributed by atoms with Gasteiger partial charge in [0.2, 0.25) is 0 Å². The molecule has 0 aliphatic carbocycles. The van der Waals surface area contributed by atoms with Crippen LogP contribution in [0.4, 0.5) is 39.4 Å². The maximum Gasteiger partial charge on any atom is 0.418 e. The number of carbonyl (C=O) groups is 3. The zero-order chi connectivity index (χ0) is 32.1. The Morgan fingerprint density at radius 1 is 0.953 bits per heavy atom. The molecule has 14 heteroatoms. The maximum atomic E-state index is 15.4. The largest absolute Gasteiger partial charge is 0.444 e. The minimum Gasteiger partial charge on any atom is -0.444 e. The molecule has 2 heterocycles. The Hall–Kier alpha value is -3.94. The molecule has 1 N–H and O–H groups in total. The summed E-state index contributed by atoms with van der Waals surface area (Å²) in [5, 5.41) is 2.35. The number of anilines is 3. The van der Waals surface area contributed by atoms with Crippen molar-refractivity contribution in [3.63, 3.8) is 0 Å². The van der Waals surface area contributed by atoms with Crippen LogP contribution in [-0.2, 0) is 15.7 Å². The summed E-state index contributed by atoms with van der Waals surface area (Å²) in [6.07, 6.45) is -5.18. The normalized spacial score (nSPS) is 17.4. The fourth-order valence-corrected chi connectivity index (χ4v) is 5.51. The molecule has 232 valence electrons. The summed E-state index contributed by atoms with van der Waals surface area (Å²) in [6.45, 7) is 9.11. The molecule has 2 aliphatic heterocycles. The van der Waals surface area contributed by atoms with E-state index in [4.69, 9.17) is 17.0 Å². The van der Waals surface area contributed by atoms with Crippen molar-refractivity contribution in [3.05, 3.63) is 53.3 Å². The highest BCUT2D eigenvalue weighted by Gasteiger charge is 2.51. The second-order valence-corrected chi connectivity index (χ2v) is 12.1. The number of benzene rings is 2. The minimum absolute atomic E-state index is 0.0882. The molecule has 0 spiro atoms. The highest BCUT2D eigenvalue weighted by atomic mass is 32.1. The molecule has 0 unspecified atom stereocenters. The van der Waals surface area contributed by atoms with Gasteiger partial charge in [-0.2, -0.15) is 13.2 Å². The van der Waals surface area contributed by atoms with Crippen LogP contribution in [0, 0.1) is 5.82 Å². The van der Waals surface area contributed by atoms with E-state index in [0.29, 0.717) is 0 Å². The van der Waals surface area contributed by atoms with Gasteiger partial charge in [-0.15, -0.1) is 0 Å². The summed E-state index contributed by atoms with van der Waals surface area (Å²) in [5.74, 6) is -2.04. The summed E-state index contributed by atoms with van der Waals surface area (Å²) >= 11 is 5.54. The van der Waals surface area contributed by atoms with Crippen LogP contribution in [-0.4, -0.2) is 77.2 Å². The van der Waals surface area contributed by atoms with Crippen LogP contribution >= 0.6 is 12.2 Å². The van der Waals surface area contributed by atoms with E-state index in [1.807, 2.05) is 0 Å². The van der Waals surface area contributed by atoms with Crippen LogP contribution in [0.2, 0.25) is 0 Å². The van der Waals surface area contributed by atoms with Gasteiger partial charge in [0, 0.05) is 44.6 Å². The number of hydrogen-bond donors (Lipinski definition) is 1. The smallest absolute Gasteiger partial charge is 0.418 e. The average molecular weight is 624 g/mol. The molecule has 2 aromatic carbocycles. The van der Waals surface area contributed by atoms with Gasteiger partial charge in [-0.25, -0.2) is 9.18 Å². The number of hydrogen-bond acceptors (Lipinski definition) is 6. The summed E-state index contributed by atoms with van der Waals surface area (Å²) < 4.78 is 61.9. The van der Waals surface area contributed by atoms with E-state index < -0.39 is 46.6 Å². The number of thiocarbonyl (C=S) groups is 1. The molecule has 0 bridgehead atoms. The molecule has 2 aliphatic rings. The summed E-state index contributed by atoms with van der Waals surface area (Å²) in [6, 6.07) is 7.17. The summed E-state index contributed by atoms with van der Waals surface area (Å²) in [4.78, 5) is 44.2. The molecule has 0 saturated carbocycles. The first-order chi connectivity index (χ1) is 19.9. The molecule has 9 nitrogen and oxygen atoms in total. The number of nitrogens with zero attached hydrogens (tertiary/aromatic N) is 4. The lowest BCUT2D eigenvalue weighted by Crippen LogP contribution is -2.51. The minimum atomic E-state index is -4.69. The molecule has 4 rings (SSSR count). The van der Waals surface area contributed by atoms with Gasteiger partial charge in [0.25, 0.3) is 11.8 Å². The van der Waals surface area contributed by atoms with Gasteiger partial charge in [0.1, 0.15) is 17.0 Å². The lowest BCUT2D eigenvalue weighted by molar-refractivity contribution is -0.137. The molecule has 2 aromatic rings. The van der Waals surface area contributed by atoms with Crippen LogP contribution < -0.4 is 15.1 Å². The van der Waals surface area contributed by atoms with Crippen molar-refractivity contribution in [2.75, 3.05) is 48.3 Å². The van der Waals surface area contributed by atoms with Crippen molar-refractivity contribution in [3.8, 4) is 0 Å². The van der Waals surface area contributed by atoms with E-state index in [1.54, 1.807) is 20.8 Å². The molecule has 2 saturated heterocycles. The van der Waals surface area contributed by atoms with E-state index in [9.17, 15) is 27.6 Å². The number of amides is 3. The van der Waals surface area contributed by atoms with Gasteiger partial charge in [-0.05, 0) is 83.2 Å². The van der Waals surface area contributed by atoms with Gasteiger partial charge in [-0.3, -0.25) is 14.5 Å². The molecule has 43 heavy (non-hydrogen) atoms. The van der Waals surface area contributed by atoms with Gasteiger partial charge in [0.05, 0.1) is 16.8 Å². The quantitative estimate of drug-likeness (QED) is 0.356. The van der Waals surface area contributed by atoms with Crippen molar-refractivity contribution >= 4 is 52.3 Å². The van der Waals surface area contributed by atoms with E-state index in [2.05, 4.69) is 5.32 Å². The zero-order valence-electron chi connectivity index (χ0n) is 24.6. The lowest BCUT2D eigenvalue weighted by atomic mass is 10.0. The monoisotopic (exact) mass is 623 g/mol. The molecule has 0 radical (unpaired) electrons. The number of halogens is 4. The van der Waals surface area contributed by atoms with Crippen molar-refractivity contribution in [1.82, 2.24) is 9.80 Å². The predicted molar refractivity (Wildman–Crippen MR) is 158 cm³/mol. The van der Waals surface area contributed by atoms with Crippen LogP contribution in [0.25, 0.3) is 0 Å². The number of ether oxygens (including phenoxy) is 1. The van der Waals surface area contributed by atoms with Crippen LogP contribution in [0.1, 0.15) is 50.5 Å². The van der Waals surface area contributed by atoms with Gasteiger partial charge in [-0.1, -0.05) is 0 Å². The van der Waals surface area contributed by atoms with Crippen molar-refractivity contribution in [2.45, 2.75) is 51.9 Å². The fraction of sp³-hybridized carbons (Fsp3) is 0.448. The Balaban J connectivity index is 1.55. The van der Waals surface area contributed by atoms with Crippen molar-refractivity contribution in [2.24, 2.45) is 0 Å². The zero-order valence-corrected chi connectivity index (χ0v) is 25.5. The third kappa shape index (κ3) is 6.24. The SMILES string of the molecule is CNc1ccc(N2C(=O)C(C)(C)N(c3ccc(C(=O)N4CCN(C(=O)OC(C)(C)C)CC4)c(F)c3)C2=S)cc1C(F)(F)F. The first-order valence-corrected chi connectivity index (χ1v) is 13.9. The molecule has 3 amide bonds. The average Bonchev–Trinajstić information content (AvgIpc) is 3.09. The van der Waals surface area contributed by atoms with Crippen molar-refractivity contribution in [1.29, 1.82) is 0 Å². The van der Waals surface area contributed by atoms with Gasteiger partial charge < -0.3 is 24.8 Å². The summed E-state index contributed by atoms with van der Waals surface area (Å²) in [5.41, 5.74) is -3.33. The third-order valence-electron chi connectivity index (χ3n) is 7.16. The highest BCUT2D eigenvalue weighted by Crippen LogP contribution is 2.41. The Bertz CT molecular complexity index is 1470. The predicted octanol–water partition coefficient (Wildman–Crippen LogP) is 5.50. The van der Waals surface area contributed by atoms with Crippen LogP contribution in [0.3, 0.4) is 0 Å². The maximum absolute atomic E-state index is 15.4. The Morgan fingerprint density at radius 3 is 2.07 bits per heavy atom. The van der Waals surface area contributed by atoms with Crippen LogP contribution in [0.5, 0.6) is 0 Å². The lowest BCUT2D eigenvalue weighted by Gasteiger charge is -2.35. The summed E-state index contributed by atoms with van der Waals surface area (Å²) in [7, 11) is 1.35. The molecular formula is C29H33F4N5O4S. The van der Waals surface area contributed by atoms with Gasteiger partial charge >= 0.3 is 12.3 Å². The fourth-order valence-electron chi connectivity index (χ4n) is 4.99. The first-order valence-electron chi connectivity index (χ1n) is 13.5. The molecule has 0 aromatic heterocycles. The second-order valence-electron chi connectivity index (χ2n) is 11.7. The van der Waals surface area contributed by atoms with E-state index in [1.165, 1.54) is 59.9 Å². The topological polar surface area (TPSA) is 85.4 Å². The van der Waals surface area contributed by atoms with Crippen LogP contribution in [0.15, 0.2) is 36.4 Å². The highest BCUT2D eigenvalue weighted by molar-refractivity contribution is 7.81. The van der Waals surface area contributed by atoms with Crippen molar-refractivity contribution < 1.29 is 36.7 Å². The Kier molecular flexibility index (Phi) is 8.39. The second kappa shape index (κ2) is 11.3. The first kappa shape index (κ1) is 32.0. The number of alkyl halides is 3. The van der Waals surface area contributed by atoms with E-state index >= 15 is 4.39 Å². The number of rotatable bonds is 4. The number of carbonyl (C=O) groups excluding carboxylic acids is 3. The van der Waals surface area contributed by atoms with E-state index in [-0.39, 0.29) is 53.9 Å². The van der Waals surface area contributed by atoms with E-state index in [0.717, 1.165) is 17.0 Å². The molecule has 0 atom stereocenters. The number of nitrogens with one attached hydrogen (secondary N) is 1. The number of piperazine rings is 1. The standard InChI is InChI=1S/C29H33F4N5O4S/c1-27(2,3)42-26(41)36-13-11-35(12-14-36)23(39)19-9-7-18(16-21(19)30)38-25(43)37(24(40)28(38,4)5)17-8-10-22(34-6)20(15-17)29(31,32)33/h7-10,15-16,34H,11-14H2,1-6H3. The third-order valence-corrected chi connectivity index (χ3v) is 7.53. The Morgan fingerprint density at radius 2 is 1.53 bits per heavy atom. The molecule has 2 fully saturated rings. The van der Waals surface area contributed by atoms with Gasteiger partial charge in [0.15, 0.2) is 5.11 Å².